The van der Waals surface area contributed by atoms with Gasteiger partial charge in [-0.25, -0.2) is 22.1 Å². The molecular formula is C16H14ClF2NO5S. The van der Waals surface area contributed by atoms with Gasteiger partial charge in [0.2, 0.25) is 0 Å². The highest BCUT2D eigenvalue weighted by atomic mass is 35.5. The summed E-state index contributed by atoms with van der Waals surface area (Å²) in [7, 11) is 1.24. The monoisotopic (exact) mass is 405 g/mol. The van der Waals surface area contributed by atoms with Crippen LogP contribution in [0.25, 0.3) is 0 Å². The second-order valence-corrected chi connectivity index (χ2v) is 6.08. The molecule has 0 aliphatic heterocycles. The van der Waals surface area contributed by atoms with Gasteiger partial charge in [-0.2, -0.15) is 0 Å². The molecule has 0 amide bonds. The van der Waals surface area contributed by atoms with Gasteiger partial charge in [-0.3, -0.25) is 4.55 Å². The normalized spacial score (nSPS) is 11.8. The second kappa shape index (κ2) is 8.43. The first-order chi connectivity index (χ1) is 12.3. The molecule has 140 valence electrons. The summed E-state index contributed by atoms with van der Waals surface area (Å²) >= 11 is 2.90. The van der Waals surface area contributed by atoms with Crippen molar-refractivity contribution in [3.63, 3.8) is 0 Å². The number of benzene rings is 2. The van der Waals surface area contributed by atoms with E-state index < -0.39 is 28.9 Å². The maximum Gasteiger partial charge on any atom is 0.338 e. The molecular weight excluding hydrogens is 392 g/mol. The standard InChI is InChI=1S/C16H14ClF2NO5S/c1-3-25-16(21)9-4-5-13(12(19)6-9)20(26(22)23)14-8-11(18)10(17)7-15(14)24-2/h4-8H,3H2,1-2H3,(H,22,23). The van der Waals surface area contributed by atoms with Gasteiger partial charge in [0.05, 0.1) is 30.0 Å². The zero-order chi connectivity index (χ0) is 19.4. The quantitative estimate of drug-likeness (QED) is 0.579. The minimum absolute atomic E-state index is 0.0485. The van der Waals surface area contributed by atoms with Crippen molar-refractivity contribution in [1.29, 1.82) is 0 Å². The fourth-order valence-electron chi connectivity index (χ4n) is 2.15. The fourth-order valence-corrected chi connectivity index (χ4v) is 2.93. The predicted molar refractivity (Wildman–Crippen MR) is 93.2 cm³/mol. The lowest BCUT2D eigenvalue weighted by atomic mass is 10.2. The Kier molecular flexibility index (Phi) is 6.52. The summed E-state index contributed by atoms with van der Waals surface area (Å²) in [5, 5.41) is -0.271. The molecule has 0 saturated heterocycles. The smallest absolute Gasteiger partial charge is 0.338 e. The van der Waals surface area contributed by atoms with E-state index in [9.17, 15) is 22.3 Å². The Morgan fingerprint density at radius 3 is 2.46 bits per heavy atom. The summed E-state index contributed by atoms with van der Waals surface area (Å²) in [5.41, 5.74) is -0.678. The van der Waals surface area contributed by atoms with E-state index in [1.165, 1.54) is 13.2 Å². The Balaban J connectivity index is 2.57. The van der Waals surface area contributed by atoms with E-state index in [0.717, 1.165) is 24.3 Å². The first kappa shape index (κ1) is 20.1. The average Bonchev–Trinajstić information content (AvgIpc) is 2.59. The SMILES string of the molecule is CCOC(=O)c1ccc(N(c2cc(F)c(Cl)cc2OC)S(=O)O)c(F)c1. The number of carbonyl (C=O) groups excluding carboxylic acids is 1. The lowest BCUT2D eigenvalue weighted by Gasteiger charge is -2.23. The molecule has 6 nitrogen and oxygen atoms in total. The molecule has 0 bridgehead atoms. The summed E-state index contributed by atoms with van der Waals surface area (Å²) in [6.45, 7) is 1.71. The average molecular weight is 406 g/mol. The number of hydrogen-bond donors (Lipinski definition) is 1. The maximum atomic E-state index is 14.5. The number of hydrogen-bond acceptors (Lipinski definition) is 4. The van der Waals surface area contributed by atoms with Crippen molar-refractivity contribution in [3.05, 3.63) is 52.6 Å². The number of esters is 1. The Labute approximate surface area is 155 Å². The van der Waals surface area contributed by atoms with Crippen LogP contribution in [-0.2, 0) is 16.0 Å². The Bertz CT molecular complexity index is 865. The number of nitrogens with zero attached hydrogens (tertiary/aromatic N) is 1. The topological polar surface area (TPSA) is 76.1 Å². The van der Waals surface area contributed by atoms with Gasteiger partial charge in [0.15, 0.2) is 0 Å². The summed E-state index contributed by atoms with van der Waals surface area (Å²) in [4.78, 5) is 11.7. The van der Waals surface area contributed by atoms with Crippen LogP contribution in [0.4, 0.5) is 20.2 Å². The predicted octanol–water partition coefficient (Wildman–Crippen LogP) is 4.08. The van der Waals surface area contributed by atoms with Gasteiger partial charge in [0.1, 0.15) is 23.1 Å². The third kappa shape index (κ3) is 4.12. The van der Waals surface area contributed by atoms with E-state index in [2.05, 4.69) is 0 Å². The van der Waals surface area contributed by atoms with Gasteiger partial charge in [-0.05, 0) is 25.1 Å². The van der Waals surface area contributed by atoms with Crippen molar-refractivity contribution >= 4 is 40.2 Å². The number of methoxy groups -OCH3 is 1. The first-order valence-electron chi connectivity index (χ1n) is 7.21. The second-order valence-electron chi connectivity index (χ2n) is 4.85. The van der Waals surface area contributed by atoms with Gasteiger partial charge in [-0.1, -0.05) is 11.6 Å². The molecule has 0 aromatic heterocycles. The minimum Gasteiger partial charge on any atom is -0.494 e. The summed E-state index contributed by atoms with van der Waals surface area (Å²) in [6, 6.07) is 5.10. The molecule has 0 heterocycles. The molecule has 2 rings (SSSR count). The molecule has 2 aromatic rings. The summed E-state index contributed by atoms with van der Waals surface area (Å²) in [5.74, 6) is -2.67. The fraction of sp³-hybridized carbons (Fsp3) is 0.188. The van der Waals surface area contributed by atoms with E-state index in [1.54, 1.807) is 6.92 Å². The van der Waals surface area contributed by atoms with Gasteiger partial charge >= 0.3 is 5.97 Å². The van der Waals surface area contributed by atoms with Crippen molar-refractivity contribution in [3.8, 4) is 5.75 Å². The van der Waals surface area contributed by atoms with Gasteiger partial charge in [0, 0.05) is 12.1 Å². The highest BCUT2D eigenvalue weighted by Crippen LogP contribution is 2.39. The van der Waals surface area contributed by atoms with Crippen molar-refractivity contribution in [2.75, 3.05) is 18.0 Å². The van der Waals surface area contributed by atoms with E-state index in [0.29, 0.717) is 4.31 Å². The number of halogens is 3. The van der Waals surface area contributed by atoms with Crippen LogP contribution in [0.15, 0.2) is 30.3 Å². The molecule has 0 radical (unpaired) electrons. The van der Waals surface area contributed by atoms with E-state index in [4.69, 9.17) is 21.1 Å². The lowest BCUT2D eigenvalue weighted by Crippen LogP contribution is -2.21. The molecule has 0 spiro atoms. The third-order valence-corrected chi connectivity index (χ3v) is 4.27. The largest absolute Gasteiger partial charge is 0.494 e. The van der Waals surface area contributed by atoms with Gasteiger partial charge < -0.3 is 9.47 Å². The molecule has 26 heavy (non-hydrogen) atoms. The summed E-state index contributed by atoms with van der Waals surface area (Å²) in [6.07, 6.45) is 0. The highest BCUT2D eigenvalue weighted by Gasteiger charge is 2.25. The van der Waals surface area contributed by atoms with Gasteiger partial charge in [0.25, 0.3) is 11.3 Å². The van der Waals surface area contributed by atoms with Crippen LogP contribution in [0.1, 0.15) is 17.3 Å². The maximum absolute atomic E-state index is 14.5. The molecule has 1 N–H and O–H groups in total. The van der Waals surface area contributed by atoms with Crippen LogP contribution < -0.4 is 9.04 Å². The minimum atomic E-state index is -2.78. The van der Waals surface area contributed by atoms with Gasteiger partial charge in [-0.15, -0.1) is 0 Å². The number of carbonyl (C=O) groups is 1. The molecule has 2 aromatic carbocycles. The molecule has 1 atom stereocenters. The lowest BCUT2D eigenvalue weighted by molar-refractivity contribution is 0.0526. The summed E-state index contributed by atoms with van der Waals surface area (Å²) < 4.78 is 60.2. The van der Waals surface area contributed by atoms with Crippen molar-refractivity contribution in [1.82, 2.24) is 0 Å². The van der Waals surface area contributed by atoms with Crippen molar-refractivity contribution < 1.29 is 31.8 Å². The van der Waals surface area contributed by atoms with E-state index >= 15 is 0 Å². The zero-order valence-electron chi connectivity index (χ0n) is 13.7. The van der Waals surface area contributed by atoms with Crippen LogP contribution in [0.3, 0.4) is 0 Å². The third-order valence-electron chi connectivity index (χ3n) is 3.27. The van der Waals surface area contributed by atoms with Crippen LogP contribution in [-0.4, -0.2) is 28.4 Å². The number of ether oxygens (including phenoxy) is 2. The molecule has 0 aliphatic carbocycles. The van der Waals surface area contributed by atoms with Crippen LogP contribution in [0, 0.1) is 11.6 Å². The zero-order valence-corrected chi connectivity index (χ0v) is 15.2. The van der Waals surface area contributed by atoms with Crippen LogP contribution in [0.2, 0.25) is 5.02 Å². The highest BCUT2D eigenvalue weighted by molar-refractivity contribution is 7.81. The van der Waals surface area contributed by atoms with Crippen LogP contribution in [0.5, 0.6) is 5.75 Å². The number of anilines is 2. The number of rotatable bonds is 6. The van der Waals surface area contributed by atoms with Crippen LogP contribution >= 0.6 is 11.6 Å². The van der Waals surface area contributed by atoms with E-state index in [-0.39, 0.29) is 34.3 Å². The van der Waals surface area contributed by atoms with Crippen molar-refractivity contribution in [2.24, 2.45) is 0 Å². The molecule has 0 aliphatic rings. The Morgan fingerprint density at radius 1 is 1.23 bits per heavy atom. The molecule has 10 heteroatoms. The van der Waals surface area contributed by atoms with Crippen molar-refractivity contribution in [2.45, 2.75) is 6.92 Å². The first-order valence-corrected chi connectivity index (χ1v) is 8.65. The molecule has 0 fully saturated rings. The van der Waals surface area contributed by atoms with E-state index in [1.807, 2.05) is 0 Å². The molecule has 1 unspecified atom stereocenters. The molecule has 0 saturated carbocycles. The Morgan fingerprint density at radius 2 is 1.92 bits per heavy atom. The Hall–Kier alpha value is -2.23.